The summed E-state index contributed by atoms with van der Waals surface area (Å²) in [6.07, 6.45) is 3.93. The second-order valence-electron chi connectivity index (χ2n) is 6.48. The first kappa shape index (κ1) is 18.7. The zero-order valence-corrected chi connectivity index (χ0v) is 15.1. The van der Waals surface area contributed by atoms with Gasteiger partial charge < -0.3 is 4.90 Å². The summed E-state index contributed by atoms with van der Waals surface area (Å²) in [4.78, 5) is 14.1. The van der Waals surface area contributed by atoms with Crippen LogP contribution in [0.25, 0.3) is 0 Å². The summed E-state index contributed by atoms with van der Waals surface area (Å²) in [5.74, 6) is 0.324. The molecule has 0 aromatic heterocycles. The topological polar surface area (TPSA) is 57.7 Å². The van der Waals surface area contributed by atoms with E-state index in [0.717, 1.165) is 32.2 Å². The van der Waals surface area contributed by atoms with Crippen molar-refractivity contribution in [1.82, 2.24) is 4.90 Å². The summed E-state index contributed by atoms with van der Waals surface area (Å²) in [5.41, 5.74) is 0.415. The monoisotopic (exact) mass is 356 g/mol. The molecule has 134 valence electrons. The second kappa shape index (κ2) is 7.96. The highest BCUT2D eigenvalue weighted by Gasteiger charge is 2.21. The SMILES string of the molecule is CC1CCN(C(=O)CCCN(c2ccc(F)cc2)S(C)(=O)=O)CC1. The molecule has 1 aliphatic heterocycles. The summed E-state index contributed by atoms with van der Waals surface area (Å²) in [6.45, 7) is 3.97. The van der Waals surface area contributed by atoms with Crippen molar-refractivity contribution in [3.05, 3.63) is 30.1 Å². The first-order valence-corrected chi connectivity index (χ1v) is 10.1. The number of piperidine rings is 1. The van der Waals surface area contributed by atoms with E-state index < -0.39 is 15.8 Å². The summed E-state index contributed by atoms with van der Waals surface area (Å²) in [5, 5.41) is 0. The van der Waals surface area contributed by atoms with E-state index >= 15 is 0 Å². The Morgan fingerprint density at radius 3 is 2.38 bits per heavy atom. The lowest BCUT2D eigenvalue weighted by atomic mass is 9.99. The van der Waals surface area contributed by atoms with Gasteiger partial charge in [-0.15, -0.1) is 0 Å². The number of likely N-dealkylation sites (tertiary alicyclic amines) is 1. The molecule has 1 aromatic rings. The molecular weight excluding hydrogens is 331 g/mol. The Morgan fingerprint density at radius 2 is 1.83 bits per heavy atom. The lowest BCUT2D eigenvalue weighted by molar-refractivity contribution is -0.132. The molecule has 1 fully saturated rings. The van der Waals surface area contributed by atoms with Gasteiger partial charge in [-0.2, -0.15) is 0 Å². The van der Waals surface area contributed by atoms with Gasteiger partial charge >= 0.3 is 0 Å². The maximum atomic E-state index is 13.0. The summed E-state index contributed by atoms with van der Waals surface area (Å²) >= 11 is 0. The van der Waals surface area contributed by atoms with E-state index in [-0.39, 0.29) is 12.5 Å². The molecule has 0 radical (unpaired) electrons. The Kier molecular flexibility index (Phi) is 6.21. The van der Waals surface area contributed by atoms with E-state index in [2.05, 4.69) is 6.92 Å². The number of sulfonamides is 1. The van der Waals surface area contributed by atoms with Crippen molar-refractivity contribution in [2.75, 3.05) is 30.2 Å². The predicted octanol–water partition coefficient (Wildman–Crippen LogP) is 2.63. The number of anilines is 1. The third-order valence-electron chi connectivity index (χ3n) is 4.40. The van der Waals surface area contributed by atoms with E-state index in [1.54, 1.807) is 0 Å². The third-order valence-corrected chi connectivity index (χ3v) is 5.60. The number of rotatable bonds is 6. The van der Waals surface area contributed by atoms with Crippen molar-refractivity contribution in [2.24, 2.45) is 5.92 Å². The first-order valence-electron chi connectivity index (χ1n) is 8.28. The van der Waals surface area contributed by atoms with Crippen LogP contribution in [-0.2, 0) is 14.8 Å². The first-order chi connectivity index (χ1) is 11.3. The Morgan fingerprint density at radius 1 is 1.25 bits per heavy atom. The van der Waals surface area contributed by atoms with Crippen LogP contribution in [0.2, 0.25) is 0 Å². The molecule has 0 atom stereocenters. The van der Waals surface area contributed by atoms with Crippen LogP contribution >= 0.6 is 0 Å². The molecule has 1 saturated heterocycles. The van der Waals surface area contributed by atoms with Crippen LogP contribution in [0.15, 0.2) is 24.3 Å². The smallest absolute Gasteiger partial charge is 0.232 e. The Bertz CT molecular complexity index is 653. The molecule has 2 rings (SSSR count). The zero-order valence-electron chi connectivity index (χ0n) is 14.2. The molecular formula is C17H25FN2O3S. The molecule has 0 N–H and O–H groups in total. The molecule has 0 aliphatic carbocycles. The standard InChI is InChI=1S/C17H25FN2O3S/c1-14-9-12-19(13-10-14)17(21)4-3-11-20(24(2,22)23)16-7-5-15(18)6-8-16/h5-8,14H,3-4,9-13H2,1-2H3. The lowest BCUT2D eigenvalue weighted by Crippen LogP contribution is -2.38. The fourth-order valence-corrected chi connectivity index (χ4v) is 3.85. The molecule has 0 saturated carbocycles. The van der Waals surface area contributed by atoms with Crippen LogP contribution in [-0.4, -0.2) is 45.1 Å². The minimum absolute atomic E-state index is 0.0782. The number of halogens is 1. The molecule has 7 heteroatoms. The van der Waals surface area contributed by atoms with Gasteiger partial charge in [0.15, 0.2) is 0 Å². The molecule has 0 spiro atoms. The second-order valence-corrected chi connectivity index (χ2v) is 8.39. The average Bonchev–Trinajstić information content (AvgIpc) is 2.52. The van der Waals surface area contributed by atoms with Crippen LogP contribution in [0.1, 0.15) is 32.6 Å². The highest BCUT2D eigenvalue weighted by molar-refractivity contribution is 7.92. The van der Waals surface area contributed by atoms with Gasteiger partial charge in [-0.3, -0.25) is 9.10 Å². The molecule has 0 unspecified atom stereocenters. The quantitative estimate of drug-likeness (QED) is 0.787. The summed E-state index contributed by atoms with van der Waals surface area (Å²) in [7, 11) is -3.47. The molecule has 1 amide bonds. The van der Waals surface area contributed by atoms with Crippen LogP contribution in [0, 0.1) is 11.7 Å². The van der Waals surface area contributed by atoms with E-state index in [4.69, 9.17) is 0 Å². The van der Waals surface area contributed by atoms with Gasteiger partial charge in [-0.05, 0) is 49.4 Å². The number of hydrogen-bond acceptors (Lipinski definition) is 3. The van der Waals surface area contributed by atoms with Crippen molar-refractivity contribution in [3.63, 3.8) is 0 Å². The highest BCUT2D eigenvalue weighted by Crippen LogP contribution is 2.20. The Hall–Kier alpha value is -1.63. The minimum Gasteiger partial charge on any atom is -0.343 e. The third kappa shape index (κ3) is 5.19. The van der Waals surface area contributed by atoms with Gasteiger partial charge in [-0.25, -0.2) is 12.8 Å². The van der Waals surface area contributed by atoms with E-state index in [1.165, 1.54) is 28.6 Å². The zero-order chi connectivity index (χ0) is 17.7. The van der Waals surface area contributed by atoms with Gasteiger partial charge in [0.2, 0.25) is 15.9 Å². The molecule has 5 nitrogen and oxygen atoms in total. The van der Waals surface area contributed by atoms with Gasteiger partial charge in [0.25, 0.3) is 0 Å². The predicted molar refractivity (Wildman–Crippen MR) is 92.8 cm³/mol. The van der Waals surface area contributed by atoms with Gasteiger partial charge in [0.1, 0.15) is 5.82 Å². The fraction of sp³-hybridized carbons (Fsp3) is 0.588. The average molecular weight is 356 g/mol. The van der Waals surface area contributed by atoms with Gasteiger partial charge in [0, 0.05) is 26.1 Å². The van der Waals surface area contributed by atoms with Crippen molar-refractivity contribution < 1.29 is 17.6 Å². The van der Waals surface area contributed by atoms with E-state index in [0.29, 0.717) is 24.4 Å². The summed E-state index contributed by atoms with van der Waals surface area (Å²) in [6, 6.07) is 5.33. The van der Waals surface area contributed by atoms with Crippen molar-refractivity contribution >= 4 is 21.6 Å². The molecule has 24 heavy (non-hydrogen) atoms. The van der Waals surface area contributed by atoms with Crippen molar-refractivity contribution in [3.8, 4) is 0 Å². The number of carbonyl (C=O) groups excluding carboxylic acids is 1. The van der Waals surface area contributed by atoms with Crippen molar-refractivity contribution in [2.45, 2.75) is 32.6 Å². The maximum absolute atomic E-state index is 13.0. The molecule has 1 aromatic carbocycles. The van der Waals surface area contributed by atoms with Crippen LogP contribution in [0.3, 0.4) is 0 Å². The Labute approximate surface area is 143 Å². The van der Waals surface area contributed by atoms with Gasteiger partial charge in [-0.1, -0.05) is 6.92 Å². The van der Waals surface area contributed by atoms with E-state index in [1.807, 2.05) is 4.90 Å². The fourth-order valence-electron chi connectivity index (χ4n) is 2.88. The lowest BCUT2D eigenvalue weighted by Gasteiger charge is -2.30. The minimum atomic E-state index is -3.47. The number of amides is 1. The number of nitrogens with zero attached hydrogens (tertiary/aromatic N) is 2. The highest BCUT2D eigenvalue weighted by atomic mass is 32.2. The van der Waals surface area contributed by atoms with Crippen LogP contribution < -0.4 is 4.31 Å². The number of carbonyl (C=O) groups is 1. The molecule has 1 heterocycles. The van der Waals surface area contributed by atoms with Gasteiger partial charge in [0.05, 0.1) is 11.9 Å². The van der Waals surface area contributed by atoms with E-state index in [9.17, 15) is 17.6 Å². The maximum Gasteiger partial charge on any atom is 0.232 e. The number of benzene rings is 1. The van der Waals surface area contributed by atoms with Crippen LogP contribution in [0.5, 0.6) is 0 Å². The number of hydrogen-bond donors (Lipinski definition) is 0. The molecule has 1 aliphatic rings. The largest absolute Gasteiger partial charge is 0.343 e. The Balaban J connectivity index is 1.91. The summed E-state index contributed by atoms with van der Waals surface area (Å²) < 4.78 is 38.2. The molecule has 0 bridgehead atoms. The van der Waals surface area contributed by atoms with Crippen molar-refractivity contribution in [1.29, 1.82) is 0 Å². The van der Waals surface area contributed by atoms with Crippen LogP contribution in [0.4, 0.5) is 10.1 Å². The normalized spacial score (nSPS) is 16.2.